The maximum absolute atomic E-state index is 5.90. The molecule has 0 spiro atoms. The van der Waals surface area contributed by atoms with Gasteiger partial charge in [-0.05, 0) is 36.6 Å². The van der Waals surface area contributed by atoms with Gasteiger partial charge in [0.15, 0.2) is 5.82 Å². The minimum atomic E-state index is -0.0226. The first-order valence-corrected chi connectivity index (χ1v) is 7.76. The summed E-state index contributed by atoms with van der Waals surface area (Å²) < 4.78 is 5.58. The molecule has 1 N–H and O–H groups in total. The van der Waals surface area contributed by atoms with Crippen LogP contribution in [0.3, 0.4) is 0 Å². The van der Waals surface area contributed by atoms with E-state index in [9.17, 15) is 0 Å². The first-order valence-electron chi connectivity index (χ1n) is 7.38. The van der Waals surface area contributed by atoms with Crippen LogP contribution in [0.15, 0.2) is 28.8 Å². The Labute approximate surface area is 129 Å². The fourth-order valence-electron chi connectivity index (χ4n) is 2.95. The van der Waals surface area contributed by atoms with Crippen LogP contribution < -0.4 is 5.32 Å². The quantitative estimate of drug-likeness (QED) is 0.942. The van der Waals surface area contributed by atoms with E-state index in [2.05, 4.69) is 29.3 Å². The third-order valence-electron chi connectivity index (χ3n) is 4.46. The van der Waals surface area contributed by atoms with Gasteiger partial charge < -0.3 is 9.84 Å². The van der Waals surface area contributed by atoms with Gasteiger partial charge in [0.25, 0.3) is 0 Å². The van der Waals surface area contributed by atoms with Gasteiger partial charge in [0.2, 0.25) is 5.89 Å². The molecule has 1 aromatic heterocycles. The molecule has 1 fully saturated rings. The average molecular weight is 306 g/mol. The van der Waals surface area contributed by atoms with E-state index < -0.39 is 0 Å². The van der Waals surface area contributed by atoms with Crippen molar-refractivity contribution >= 4 is 11.6 Å². The van der Waals surface area contributed by atoms with Crippen molar-refractivity contribution in [2.24, 2.45) is 5.92 Å². The predicted molar refractivity (Wildman–Crippen MR) is 82.6 cm³/mol. The van der Waals surface area contributed by atoms with Crippen molar-refractivity contribution in [1.82, 2.24) is 15.5 Å². The van der Waals surface area contributed by atoms with Crippen LogP contribution in [0.25, 0.3) is 0 Å². The summed E-state index contributed by atoms with van der Waals surface area (Å²) in [5, 5.41) is 8.31. The van der Waals surface area contributed by atoms with Gasteiger partial charge in [0, 0.05) is 18.0 Å². The summed E-state index contributed by atoms with van der Waals surface area (Å²) in [6, 6.07) is 7.75. The van der Waals surface area contributed by atoms with Gasteiger partial charge in [-0.2, -0.15) is 4.98 Å². The summed E-state index contributed by atoms with van der Waals surface area (Å²) >= 11 is 5.90. The van der Waals surface area contributed by atoms with Crippen molar-refractivity contribution in [1.29, 1.82) is 0 Å². The second-order valence-electron chi connectivity index (χ2n) is 6.06. The number of hydrogen-bond donors (Lipinski definition) is 1. The first kappa shape index (κ1) is 14.5. The van der Waals surface area contributed by atoms with Crippen molar-refractivity contribution in [3.8, 4) is 0 Å². The molecule has 1 atom stereocenters. The second kappa shape index (κ2) is 5.78. The Hall–Kier alpha value is -1.39. The third kappa shape index (κ3) is 2.83. The van der Waals surface area contributed by atoms with E-state index in [1.54, 1.807) is 0 Å². The van der Waals surface area contributed by atoms with Crippen molar-refractivity contribution in [3.63, 3.8) is 0 Å². The Balaban J connectivity index is 1.81. The van der Waals surface area contributed by atoms with Crippen LogP contribution >= 0.6 is 11.6 Å². The minimum absolute atomic E-state index is 0.0226. The highest BCUT2D eigenvalue weighted by atomic mass is 35.5. The molecule has 2 heterocycles. The molecule has 1 unspecified atom stereocenters. The molecule has 112 valence electrons. The monoisotopic (exact) mass is 305 g/mol. The average Bonchev–Trinajstić information content (AvgIpc) is 3.11. The molecule has 2 aromatic rings. The first-order chi connectivity index (χ1) is 10.1. The highest BCUT2D eigenvalue weighted by molar-refractivity contribution is 6.30. The summed E-state index contributed by atoms with van der Waals surface area (Å²) in [5.41, 5.74) is 1.11. The number of nitrogens with zero attached hydrogens (tertiary/aromatic N) is 2. The lowest BCUT2D eigenvalue weighted by Gasteiger charge is -2.28. The zero-order valence-corrected chi connectivity index (χ0v) is 13.2. The topological polar surface area (TPSA) is 51.0 Å². The number of hydrogen-bond acceptors (Lipinski definition) is 4. The molecule has 0 aliphatic carbocycles. The molecule has 0 radical (unpaired) electrons. The smallest absolute Gasteiger partial charge is 0.234 e. The minimum Gasteiger partial charge on any atom is -0.339 e. The van der Waals surface area contributed by atoms with Crippen LogP contribution in [0.1, 0.15) is 37.5 Å². The number of halogens is 1. The van der Waals surface area contributed by atoms with Gasteiger partial charge in [-0.1, -0.05) is 42.7 Å². The van der Waals surface area contributed by atoms with Crippen molar-refractivity contribution in [2.45, 2.75) is 32.1 Å². The van der Waals surface area contributed by atoms with Gasteiger partial charge >= 0.3 is 0 Å². The Bertz CT molecular complexity index is 600. The summed E-state index contributed by atoms with van der Waals surface area (Å²) in [7, 11) is 0. The summed E-state index contributed by atoms with van der Waals surface area (Å²) in [5.74, 6) is 1.97. The van der Waals surface area contributed by atoms with Gasteiger partial charge in [-0.15, -0.1) is 0 Å². The van der Waals surface area contributed by atoms with Crippen LogP contribution in [0.4, 0.5) is 0 Å². The van der Waals surface area contributed by atoms with Crippen LogP contribution in [-0.2, 0) is 11.8 Å². The molecule has 0 bridgehead atoms. The molecule has 1 aliphatic heterocycles. The fourth-order valence-corrected chi connectivity index (χ4v) is 3.07. The fraction of sp³-hybridized carbons (Fsp3) is 0.500. The Morgan fingerprint density at radius 3 is 2.71 bits per heavy atom. The predicted octanol–water partition coefficient (Wildman–Crippen LogP) is 3.20. The number of aromatic nitrogens is 2. The molecule has 0 amide bonds. The summed E-state index contributed by atoms with van der Waals surface area (Å²) in [6.45, 7) is 6.35. The highest BCUT2D eigenvalue weighted by Gasteiger charge is 2.43. The van der Waals surface area contributed by atoms with Gasteiger partial charge in [-0.3, -0.25) is 0 Å². The molecule has 1 saturated heterocycles. The summed E-state index contributed by atoms with van der Waals surface area (Å²) in [4.78, 5) is 4.65. The van der Waals surface area contributed by atoms with Gasteiger partial charge in [0.05, 0.1) is 5.41 Å². The van der Waals surface area contributed by atoms with Crippen molar-refractivity contribution in [3.05, 3.63) is 46.6 Å². The normalized spacial score (nSPS) is 22.1. The van der Waals surface area contributed by atoms with E-state index in [4.69, 9.17) is 16.1 Å². The van der Waals surface area contributed by atoms with Crippen LogP contribution in [-0.4, -0.2) is 23.2 Å². The number of rotatable bonds is 4. The lowest BCUT2D eigenvalue weighted by Crippen LogP contribution is -2.35. The number of benzene rings is 1. The Kier molecular flexibility index (Phi) is 4.00. The molecule has 0 saturated carbocycles. The molecule has 1 aliphatic rings. The molecular weight excluding hydrogens is 286 g/mol. The molecule has 1 aromatic carbocycles. The van der Waals surface area contributed by atoms with Crippen LogP contribution in [0, 0.1) is 5.92 Å². The highest BCUT2D eigenvalue weighted by Crippen LogP contribution is 2.36. The maximum atomic E-state index is 5.90. The molecule has 21 heavy (non-hydrogen) atoms. The van der Waals surface area contributed by atoms with E-state index in [1.165, 1.54) is 0 Å². The van der Waals surface area contributed by atoms with E-state index in [-0.39, 0.29) is 5.41 Å². The van der Waals surface area contributed by atoms with Crippen molar-refractivity contribution in [2.75, 3.05) is 13.1 Å². The van der Waals surface area contributed by atoms with Crippen molar-refractivity contribution < 1.29 is 4.52 Å². The zero-order chi connectivity index (χ0) is 14.9. The summed E-state index contributed by atoms with van der Waals surface area (Å²) in [6.07, 6.45) is 1.72. The third-order valence-corrected chi connectivity index (χ3v) is 4.72. The van der Waals surface area contributed by atoms with Crippen LogP contribution in [0.2, 0.25) is 5.02 Å². The van der Waals surface area contributed by atoms with E-state index in [0.717, 1.165) is 41.8 Å². The molecule has 4 nitrogen and oxygen atoms in total. The maximum Gasteiger partial charge on any atom is 0.234 e. The largest absolute Gasteiger partial charge is 0.339 e. The second-order valence-corrected chi connectivity index (χ2v) is 6.49. The lowest BCUT2D eigenvalue weighted by molar-refractivity contribution is 0.234. The van der Waals surface area contributed by atoms with Crippen LogP contribution in [0.5, 0.6) is 0 Å². The molecule has 3 rings (SSSR count). The SMILES string of the molecule is CC(C)C1(c2nc(Cc3ccc(Cl)cc3)no2)CCNC1. The standard InChI is InChI=1S/C16H20ClN3O/c1-11(2)16(7-8-18-10-16)15-19-14(20-21-15)9-12-3-5-13(17)6-4-12/h3-6,11,18H,7-10H2,1-2H3. The van der Waals surface area contributed by atoms with E-state index in [0.29, 0.717) is 12.3 Å². The van der Waals surface area contributed by atoms with E-state index in [1.807, 2.05) is 24.3 Å². The lowest BCUT2D eigenvalue weighted by atomic mass is 9.76. The van der Waals surface area contributed by atoms with Gasteiger partial charge in [0.1, 0.15) is 0 Å². The zero-order valence-electron chi connectivity index (χ0n) is 12.4. The number of nitrogens with one attached hydrogen (secondary N) is 1. The Morgan fingerprint density at radius 1 is 1.33 bits per heavy atom. The Morgan fingerprint density at radius 2 is 2.10 bits per heavy atom. The molecular formula is C16H20ClN3O. The van der Waals surface area contributed by atoms with Gasteiger partial charge in [-0.25, -0.2) is 0 Å². The van der Waals surface area contributed by atoms with E-state index >= 15 is 0 Å². The molecule has 5 heteroatoms.